The van der Waals surface area contributed by atoms with Crippen molar-refractivity contribution >= 4 is 32.9 Å². The Hall–Kier alpha value is -3.69. The molecule has 9 heteroatoms. The average molecular weight is 421 g/mol. The molecule has 0 unspecified atom stereocenters. The molecule has 1 aliphatic carbocycles. The fourth-order valence-corrected chi connectivity index (χ4v) is 3.94. The number of primary sulfonamides is 1. The average Bonchev–Trinajstić information content (AvgIpc) is 3.00. The monoisotopic (exact) mass is 421 g/mol. The number of sulfonamides is 1. The molecule has 1 atom stereocenters. The predicted molar refractivity (Wildman–Crippen MR) is 111 cm³/mol. The van der Waals surface area contributed by atoms with Gasteiger partial charge in [0.2, 0.25) is 10.0 Å². The van der Waals surface area contributed by atoms with Crippen molar-refractivity contribution in [2.24, 2.45) is 10.1 Å². The van der Waals surface area contributed by atoms with Gasteiger partial charge in [-0.1, -0.05) is 36.4 Å². The van der Waals surface area contributed by atoms with Crippen LogP contribution in [-0.4, -0.2) is 24.8 Å². The van der Waals surface area contributed by atoms with Gasteiger partial charge in [0.1, 0.15) is 0 Å². The van der Waals surface area contributed by atoms with Gasteiger partial charge in [-0.05, 0) is 29.8 Å². The molecule has 0 spiro atoms. The zero-order valence-electron chi connectivity index (χ0n) is 15.4. The zero-order chi connectivity index (χ0) is 21.5. The lowest BCUT2D eigenvalue weighted by Crippen LogP contribution is -2.14. The topological polar surface area (TPSA) is 133 Å². The summed E-state index contributed by atoms with van der Waals surface area (Å²) >= 11 is 0. The van der Waals surface area contributed by atoms with Crippen LogP contribution in [0, 0.1) is 10.1 Å². The molecule has 1 aliphatic rings. The third-order valence-electron chi connectivity index (χ3n) is 4.86. The molecule has 0 aromatic heterocycles. The molecule has 2 N–H and O–H groups in total. The summed E-state index contributed by atoms with van der Waals surface area (Å²) in [7, 11) is -3.83. The van der Waals surface area contributed by atoms with E-state index in [1.807, 2.05) is 0 Å². The summed E-state index contributed by atoms with van der Waals surface area (Å²) in [6.07, 6.45) is 0. The molecule has 4 rings (SSSR count). The molecular weight excluding hydrogens is 406 g/mol. The van der Waals surface area contributed by atoms with Crippen molar-refractivity contribution in [1.29, 1.82) is 0 Å². The summed E-state index contributed by atoms with van der Waals surface area (Å²) in [5, 5.41) is 16.1. The first-order valence-corrected chi connectivity index (χ1v) is 10.4. The van der Waals surface area contributed by atoms with E-state index < -0.39 is 20.9 Å². The number of hydrogen-bond acceptors (Lipinski definition) is 6. The second-order valence-electron chi connectivity index (χ2n) is 6.73. The van der Waals surface area contributed by atoms with Gasteiger partial charge in [0.15, 0.2) is 5.78 Å². The van der Waals surface area contributed by atoms with E-state index in [4.69, 9.17) is 5.14 Å². The highest BCUT2D eigenvalue weighted by Crippen LogP contribution is 2.36. The van der Waals surface area contributed by atoms with E-state index in [0.29, 0.717) is 28.1 Å². The smallest absolute Gasteiger partial charge is 0.269 e. The maximum atomic E-state index is 13.1. The molecule has 0 bridgehead atoms. The third kappa shape index (κ3) is 3.51. The zero-order valence-corrected chi connectivity index (χ0v) is 16.2. The quantitative estimate of drug-likeness (QED) is 0.509. The van der Waals surface area contributed by atoms with E-state index >= 15 is 0 Å². The van der Waals surface area contributed by atoms with Crippen LogP contribution in [0.4, 0.5) is 11.4 Å². The number of benzene rings is 3. The molecule has 150 valence electrons. The highest BCUT2D eigenvalue weighted by Gasteiger charge is 2.37. The number of hydrogen-bond donors (Lipinski definition) is 1. The second kappa shape index (κ2) is 7.29. The third-order valence-corrected chi connectivity index (χ3v) is 5.79. The van der Waals surface area contributed by atoms with Crippen molar-refractivity contribution in [3.05, 3.63) is 99.6 Å². The number of ketones is 1. The van der Waals surface area contributed by atoms with Crippen molar-refractivity contribution in [1.82, 2.24) is 0 Å². The Kier molecular flexibility index (Phi) is 4.76. The van der Waals surface area contributed by atoms with Crippen LogP contribution in [0.5, 0.6) is 0 Å². The Bertz CT molecular complexity index is 1300. The molecule has 3 aromatic rings. The maximum absolute atomic E-state index is 13.1. The predicted octanol–water partition coefficient (Wildman–Crippen LogP) is 3.34. The molecule has 0 aliphatic heterocycles. The minimum absolute atomic E-state index is 0.0405. The summed E-state index contributed by atoms with van der Waals surface area (Å²) in [5.41, 5.74) is 2.64. The van der Waals surface area contributed by atoms with Crippen molar-refractivity contribution in [2.75, 3.05) is 0 Å². The molecule has 0 saturated carbocycles. The Labute approximate surface area is 171 Å². The minimum atomic E-state index is -3.83. The number of rotatable bonds is 4. The molecule has 8 nitrogen and oxygen atoms in total. The van der Waals surface area contributed by atoms with Gasteiger partial charge in [-0.25, -0.2) is 13.6 Å². The second-order valence-corrected chi connectivity index (χ2v) is 8.29. The summed E-state index contributed by atoms with van der Waals surface area (Å²) in [4.78, 5) is 28.1. The van der Waals surface area contributed by atoms with Gasteiger partial charge in [0, 0.05) is 23.3 Å². The van der Waals surface area contributed by atoms with E-state index in [-0.39, 0.29) is 16.4 Å². The summed E-state index contributed by atoms with van der Waals surface area (Å²) in [6.45, 7) is 0. The molecule has 30 heavy (non-hydrogen) atoms. The van der Waals surface area contributed by atoms with E-state index in [2.05, 4.69) is 4.99 Å². The van der Waals surface area contributed by atoms with Crippen LogP contribution in [0.3, 0.4) is 0 Å². The normalized spacial score (nSPS) is 17.2. The lowest BCUT2D eigenvalue weighted by Gasteiger charge is -2.11. The summed E-state index contributed by atoms with van der Waals surface area (Å²) in [5.74, 6) is -0.875. The van der Waals surface area contributed by atoms with Gasteiger partial charge in [-0.15, -0.1) is 0 Å². The number of aliphatic imine (C=N–C) groups is 1. The van der Waals surface area contributed by atoms with Crippen LogP contribution in [0.2, 0.25) is 0 Å². The van der Waals surface area contributed by atoms with Gasteiger partial charge < -0.3 is 0 Å². The van der Waals surface area contributed by atoms with Crippen LogP contribution < -0.4 is 5.14 Å². The van der Waals surface area contributed by atoms with Crippen LogP contribution in [0.25, 0.3) is 0 Å². The Morgan fingerprint density at radius 2 is 1.50 bits per heavy atom. The van der Waals surface area contributed by atoms with Crippen LogP contribution in [0.15, 0.2) is 82.7 Å². The standard InChI is InChI=1S/C21H15N3O5S/c22-30(28,29)16-11-7-14(8-12-16)23-20-17-3-1-2-4-18(17)21(25)19(20)13-5-9-15(10-6-13)24(26)27/h1-12,19H,(H2,22,28,29)/t19-/m1/s1. The van der Waals surface area contributed by atoms with Crippen LogP contribution in [-0.2, 0) is 10.0 Å². The maximum Gasteiger partial charge on any atom is 0.269 e. The Morgan fingerprint density at radius 1 is 0.900 bits per heavy atom. The molecule has 3 aromatic carbocycles. The number of nitro groups is 1. The first kappa shape index (κ1) is 19.6. The van der Waals surface area contributed by atoms with Gasteiger partial charge in [-0.3, -0.25) is 19.9 Å². The van der Waals surface area contributed by atoms with Crippen LogP contribution in [0.1, 0.15) is 27.4 Å². The Balaban J connectivity index is 1.82. The number of fused-ring (bicyclic) bond motifs is 1. The van der Waals surface area contributed by atoms with Crippen molar-refractivity contribution in [3.8, 4) is 0 Å². The Morgan fingerprint density at radius 3 is 2.07 bits per heavy atom. The van der Waals surface area contributed by atoms with E-state index in [1.165, 1.54) is 36.4 Å². The molecular formula is C21H15N3O5S. The van der Waals surface area contributed by atoms with Crippen LogP contribution >= 0.6 is 0 Å². The SMILES string of the molecule is NS(=O)(=O)c1ccc(N=C2c3ccccc3C(=O)[C@@H]2c2ccc([N+](=O)[O-])cc2)cc1. The van der Waals surface area contributed by atoms with E-state index in [1.54, 1.807) is 36.4 Å². The van der Waals surface area contributed by atoms with E-state index in [0.717, 1.165) is 0 Å². The van der Waals surface area contributed by atoms with E-state index in [9.17, 15) is 23.3 Å². The molecule has 0 radical (unpaired) electrons. The highest BCUT2D eigenvalue weighted by atomic mass is 32.2. The fourth-order valence-electron chi connectivity index (χ4n) is 3.43. The first-order chi connectivity index (χ1) is 14.3. The largest absolute Gasteiger partial charge is 0.293 e. The number of nitrogens with two attached hydrogens (primary N) is 1. The first-order valence-electron chi connectivity index (χ1n) is 8.85. The molecule has 0 heterocycles. The van der Waals surface area contributed by atoms with Crippen molar-refractivity contribution in [3.63, 3.8) is 0 Å². The van der Waals surface area contributed by atoms with Crippen molar-refractivity contribution < 1.29 is 18.1 Å². The molecule has 0 fully saturated rings. The number of non-ortho nitro benzene ring substituents is 1. The molecule has 0 saturated heterocycles. The van der Waals surface area contributed by atoms with Gasteiger partial charge >= 0.3 is 0 Å². The number of nitro benzene ring substituents is 1. The molecule has 0 amide bonds. The summed E-state index contributed by atoms with van der Waals surface area (Å²) in [6, 6.07) is 18.6. The lowest BCUT2D eigenvalue weighted by atomic mass is 9.93. The van der Waals surface area contributed by atoms with Crippen molar-refractivity contribution in [2.45, 2.75) is 10.8 Å². The number of nitrogens with zero attached hydrogens (tertiary/aromatic N) is 2. The van der Waals surface area contributed by atoms with Gasteiger partial charge in [-0.2, -0.15) is 0 Å². The van der Waals surface area contributed by atoms with Gasteiger partial charge in [0.25, 0.3) is 5.69 Å². The van der Waals surface area contributed by atoms with Gasteiger partial charge in [0.05, 0.1) is 27.1 Å². The number of carbonyl (C=O) groups excluding carboxylic acids is 1. The lowest BCUT2D eigenvalue weighted by molar-refractivity contribution is -0.384. The fraction of sp³-hybridized carbons (Fsp3) is 0.0476. The number of carbonyl (C=O) groups is 1. The number of Topliss-reactive ketones (excluding diaryl/α,β-unsaturated/α-hetero) is 1. The minimum Gasteiger partial charge on any atom is -0.293 e. The summed E-state index contributed by atoms with van der Waals surface area (Å²) < 4.78 is 22.9. The highest BCUT2D eigenvalue weighted by molar-refractivity contribution is 7.89.